The van der Waals surface area contributed by atoms with E-state index in [0.29, 0.717) is 5.41 Å². The summed E-state index contributed by atoms with van der Waals surface area (Å²) >= 11 is 0. The monoisotopic (exact) mass is 138 g/mol. The Labute approximate surface area is 64.3 Å². The first-order valence-electron chi connectivity index (χ1n) is 4.46. The third-order valence-corrected chi connectivity index (χ3v) is 2.99. The first-order valence-corrected chi connectivity index (χ1v) is 4.46. The summed E-state index contributed by atoms with van der Waals surface area (Å²) in [5.74, 6) is 0. The summed E-state index contributed by atoms with van der Waals surface area (Å²) in [5.41, 5.74) is 0.526. The molecule has 1 aliphatic carbocycles. The smallest absolute Gasteiger partial charge is 0.0124 e. The van der Waals surface area contributed by atoms with Gasteiger partial charge in [0.1, 0.15) is 0 Å². The molecule has 0 saturated heterocycles. The lowest BCUT2D eigenvalue weighted by atomic mass is 9.72. The Kier molecular flexibility index (Phi) is 2.53. The van der Waals surface area contributed by atoms with E-state index in [9.17, 15) is 0 Å². The van der Waals surface area contributed by atoms with E-state index < -0.39 is 0 Å². The lowest BCUT2D eigenvalue weighted by Crippen LogP contribution is -2.19. The van der Waals surface area contributed by atoms with E-state index >= 15 is 0 Å². The van der Waals surface area contributed by atoms with E-state index in [4.69, 9.17) is 0 Å². The molecule has 0 nitrogen and oxygen atoms in total. The highest BCUT2D eigenvalue weighted by Crippen LogP contribution is 2.39. The minimum atomic E-state index is 0.526. The van der Waals surface area contributed by atoms with E-state index in [1.807, 2.05) is 0 Å². The SMILES string of the molecule is C=CC1(CC)CCCCC1. The van der Waals surface area contributed by atoms with Crippen LogP contribution in [-0.4, -0.2) is 0 Å². The molecular weight excluding hydrogens is 120 g/mol. The van der Waals surface area contributed by atoms with Crippen molar-refractivity contribution in [2.75, 3.05) is 0 Å². The normalized spacial score (nSPS) is 24.1. The molecule has 0 bridgehead atoms. The van der Waals surface area contributed by atoms with Gasteiger partial charge in [0.25, 0.3) is 0 Å². The molecule has 1 fully saturated rings. The van der Waals surface area contributed by atoms with Crippen molar-refractivity contribution in [3.05, 3.63) is 12.7 Å². The lowest BCUT2D eigenvalue weighted by molar-refractivity contribution is 0.249. The van der Waals surface area contributed by atoms with Crippen molar-refractivity contribution >= 4 is 0 Å². The molecule has 58 valence electrons. The predicted molar refractivity (Wildman–Crippen MR) is 46.0 cm³/mol. The average molecular weight is 138 g/mol. The second-order valence-electron chi connectivity index (χ2n) is 3.48. The van der Waals surface area contributed by atoms with Crippen LogP contribution in [0.2, 0.25) is 0 Å². The summed E-state index contributed by atoms with van der Waals surface area (Å²) in [5, 5.41) is 0. The Hall–Kier alpha value is -0.260. The van der Waals surface area contributed by atoms with Gasteiger partial charge in [-0.3, -0.25) is 0 Å². The molecule has 0 heteroatoms. The van der Waals surface area contributed by atoms with Gasteiger partial charge >= 0.3 is 0 Å². The second kappa shape index (κ2) is 3.23. The van der Waals surface area contributed by atoms with Crippen LogP contribution < -0.4 is 0 Å². The van der Waals surface area contributed by atoms with Crippen LogP contribution in [0, 0.1) is 5.41 Å². The highest BCUT2D eigenvalue weighted by molar-refractivity contribution is 4.95. The van der Waals surface area contributed by atoms with Crippen LogP contribution >= 0.6 is 0 Å². The fraction of sp³-hybridized carbons (Fsp3) is 0.800. The molecule has 1 rings (SSSR count). The fourth-order valence-electron chi connectivity index (χ4n) is 1.96. The second-order valence-corrected chi connectivity index (χ2v) is 3.48. The maximum atomic E-state index is 3.93. The summed E-state index contributed by atoms with van der Waals surface area (Å²) < 4.78 is 0. The summed E-state index contributed by atoms with van der Waals surface area (Å²) in [6.45, 7) is 6.21. The number of allylic oxidation sites excluding steroid dienone is 1. The highest BCUT2D eigenvalue weighted by atomic mass is 14.3. The average Bonchev–Trinajstić information content (AvgIpc) is 2.06. The van der Waals surface area contributed by atoms with Gasteiger partial charge in [-0.25, -0.2) is 0 Å². The molecule has 10 heavy (non-hydrogen) atoms. The Bertz CT molecular complexity index is 107. The standard InChI is InChI=1S/C10H18/c1-3-10(4-2)8-6-5-7-9-10/h3H,1,4-9H2,2H3. The highest BCUT2D eigenvalue weighted by Gasteiger charge is 2.25. The van der Waals surface area contributed by atoms with Gasteiger partial charge in [0, 0.05) is 0 Å². The zero-order chi connectivity index (χ0) is 7.45. The molecule has 0 radical (unpaired) electrons. The van der Waals surface area contributed by atoms with Gasteiger partial charge in [0.2, 0.25) is 0 Å². The first kappa shape index (κ1) is 7.84. The largest absolute Gasteiger partial charge is 0.103 e. The van der Waals surface area contributed by atoms with Gasteiger partial charge in [0.15, 0.2) is 0 Å². The van der Waals surface area contributed by atoms with Gasteiger partial charge in [-0.05, 0) is 24.7 Å². The maximum Gasteiger partial charge on any atom is -0.0124 e. The Morgan fingerprint density at radius 2 is 1.90 bits per heavy atom. The molecule has 0 amide bonds. The third-order valence-electron chi connectivity index (χ3n) is 2.99. The molecule has 0 aromatic heterocycles. The zero-order valence-electron chi connectivity index (χ0n) is 7.03. The van der Waals surface area contributed by atoms with Crippen LogP contribution in [0.3, 0.4) is 0 Å². The van der Waals surface area contributed by atoms with Crippen LogP contribution in [0.4, 0.5) is 0 Å². The Balaban J connectivity index is 2.52. The zero-order valence-corrected chi connectivity index (χ0v) is 7.03. The van der Waals surface area contributed by atoms with E-state index in [0.717, 1.165) is 0 Å². The van der Waals surface area contributed by atoms with Crippen molar-refractivity contribution < 1.29 is 0 Å². The predicted octanol–water partition coefficient (Wildman–Crippen LogP) is 3.53. The molecule has 0 heterocycles. The van der Waals surface area contributed by atoms with Gasteiger partial charge in [-0.2, -0.15) is 0 Å². The van der Waals surface area contributed by atoms with Crippen LogP contribution in [0.15, 0.2) is 12.7 Å². The van der Waals surface area contributed by atoms with Crippen LogP contribution in [0.25, 0.3) is 0 Å². The van der Waals surface area contributed by atoms with Crippen molar-refractivity contribution in [1.82, 2.24) is 0 Å². The lowest BCUT2D eigenvalue weighted by Gasteiger charge is -2.33. The van der Waals surface area contributed by atoms with Crippen molar-refractivity contribution in [3.8, 4) is 0 Å². The minimum absolute atomic E-state index is 0.526. The fourth-order valence-corrected chi connectivity index (χ4v) is 1.96. The van der Waals surface area contributed by atoms with E-state index in [1.165, 1.54) is 38.5 Å². The number of hydrogen-bond acceptors (Lipinski definition) is 0. The molecule has 0 atom stereocenters. The quantitative estimate of drug-likeness (QED) is 0.512. The van der Waals surface area contributed by atoms with Crippen molar-refractivity contribution in [2.24, 2.45) is 5.41 Å². The summed E-state index contributed by atoms with van der Waals surface area (Å²) in [4.78, 5) is 0. The molecule has 1 aliphatic rings. The minimum Gasteiger partial charge on any atom is -0.103 e. The maximum absolute atomic E-state index is 3.93. The van der Waals surface area contributed by atoms with Crippen LogP contribution in [0.5, 0.6) is 0 Å². The van der Waals surface area contributed by atoms with Crippen LogP contribution in [-0.2, 0) is 0 Å². The summed E-state index contributed by atoms with van der Waals surface area (Å²) in [6, 6.07) is 0. The van der Waals surface area contributed by atoms with Gasteiger partial charge in [-0.1, -0.05) is 32.3 Å². The van der Waals surface area contributed by atoms with Gasteiger partial charge in [0.05, 0.1) is 0 Å². The first-order chi connectivity index (χ1) is 4.83. The van der Waals surface area contributed by atoms with Crippen molar-refractivity contribution in [1.29, 1.82) is 0 Å². The number of rotatable bonds is 2. The van der Waals surface area contributed by atoms with Crippen molar-refractivity contribution in [3.63, 3.8) is 0 Å². The summed E-state index contributed by atoms with van der Waals surface area (Å²) in [6.07, 6.45) is 10.5. The van der Waals surface area contributed by atoms with E-state index in [-0.39, 0.29) is 0 Å². The number of hydrogen-bond donors (Lipinski definition) is 0. The molecular formula is C10H18. The van der Waals surface area contributed by atoms with E-state index in [1.54, 1.807) is 0 Å². The third kappa shape index (κ3) is 1.42. The molecule has 0 aliphatic heterocycles. The van der Waals surface area contributed by atoms with Gasteiger partial charge in [-0.15, -0.1) is 6.58 Å². The van der Waals surface area contributed by atoms with E-state index in [2.05, 4.69) is 19.6 Å². The molecule has 0 spiro atoms. The molecule has 0 N–H and O–H groups in total. The van der Waals surface area contributed by atoms with Crippen molar-refractivity contribution in [2.45, 2.75) is 45.4 Å². The molecule has 0 aromatic carbocycles. The van der Waals surface area contributed by atoms with Gasteiger partial charge < -0.3 is 0 Å². The Morgan fingerprint density at radius 1 is 1.30 bits per heavy atom. The molecule has 1 saturated carbocycles. The molecule has 0 aromatic rings. The van der Waals surface area contributed by atoms with Crippen LogP contribution in [0.1, 0.15) is 45.4 Å². The summed E-state index contributed by atoms with van der Waals surface area (Å²) in [7, 11) is 0. The Morgan fingerprint density at radius 3 is 2.20 bits per heavy atom. The topological polar surface area (TPSA) is 0 Å². The molecule has 0 unspecified atom stereocenters.